The van der Waals surface area contributed by atoms with E-state index >= 15 is 0 Å². The molecule has 0 bridgehead atoms. The third-order valence-electron chi connectivity index (χ3n) is 4.03. The zero-order chi connectivity index (χ0) is 19.7. The Balaban J connectivity index is 0.00000392. The Kier molecular flexibility index (Phi) is 10.5. The summed E-state index contributed by atoms with van der Waals surface area (Å²) in [5, 5.41) is 6.45. The number of nitrogens with zero attached hydrogens (tertiary/aromatic N) is 3. The summed E-state index contributed by atoms with van der Waals surface area (Å²) in [5.74, 6) is 1.69. The van der Waals surface area contributed by atoms with E-state index in [0.717, 1.165) is 18.9 Å². The van der Waals surface area contributed by atoms with Gasteiger partial charge in [0.25, 0.3) is 0 Å². The molecule has 2 rings (SSSR count). The van der Waals surface area contributed by atoms with Gasteiger partial charge in [-0.15, -0.1) is 24.0 Å². The monoisotopic (exact) mass is 519 g/mol. The fraction of sp³-hybridized carbons (Fsp3) is 0.474. The molecule has 1 atom stereocenters. The van der Waals surface area contributed by atoms with Crippen LogP contribution >= 0.6 is 24.0 Å². The molecule has 0 aliphatic carbocycles. The third-order valence-corrected chi connectivity index (χ3v) is 5.00. The molecule has 9 heteroatoms. The van der Waals surface area contributed by atoms with Crippen molar-refractivity contribution < 1.29 is 8.42 Å². The highest BCUT2D eigenvalue weighted by atomic mass is 127. The van der Waals surface area contributed by atoms with Gasteiger partial charge in [0, 0.05) is 37.8 Å². The maximum atomic E-state index is 11.3. The molecule has 7 nitrogen and oxygen atoms in total. The first-order valence-electron chi connectivity index (χ1n) is 9.14. The number of benzene rings is 1. The molecule has 0 radical (unpaired) electrons. The largest absolute Gasteiger partial charge is 0.357 e. The van der Waals surface area contributed by atoms with Crippen LogP contribution in [0, 0.1) is 0 Å². The van der Waals surface area contributed by atoms with E-state index in [9.17, 15) is 8.42 Å². The van der Waals surface area contributed by atoms with Crippen molar-refractivity contribution in [3.8, 4) is 0 Å². The third kappa shape index (κ3) is 9.05. The van der Waals surface area contributed by atoms with Crippen molar-refractivity contribution in [3.63, 3.8) is 0 Å². The van der Waals surface area contributed by atoms with E-state index < -0.39 is 9.84 Å². The zero-order valence-electron chi connectivity index (χ0n) is 16.6. The van der Waals surface area contributed by atoms with Crippen LogP contribution in [0.4, 0.5) is 0 Å². The van der Waals surface area contributed by atoms with Crippen molar-refractivity contribution in [2.45, 2.75) is 39.4 Å². The molecular weight excluding hydrogens is 489 g/mol. The SMILES string of the molecule is CCNC(=NCc1nccn1Cc1ccccc1)NC(C)CCS(C)(=O)=O.I. The Morgan fingerprint density at radius 1 is 1.29 bits per heavy atom. The molecule has 1 aromatic carbocycles. The maximum absolute atomic E-state index is 11.3. The fourth-order valence-corrected chi connectivity index (χ4v) is 3.36. The summed E-state index contributed by atoms with van der Waals surface area (Å²) < 4.78 is 24.7. The maximum Gasteiger partial charge on any atom is 0.191 e. The summed E-state index contributed by atoms with van der Waals surface area (Å²) in [6.45, 7) is 5.86. The number of rotatable bonds is 9. The summed E-state index contributed by atoms with van der Waals surface area (Å²) in [4.78, 5) is 9.02. The molecule has 1 unspecified atom stereocenters. The lowest BCUT2D eigenvalue weighted by Gasteiger charge is -2.17. The highest BCUT2D eigenvalue weighted by molar-refractivity contribution is 14.0. The van der Waals surface area contributed by atoms with Crippen LogP contribution in [0.1, 0.15) is 31.7 Å². The zero-order valence-corrected chi connectivity index (χ0v) is 19.8. The van der Waals surface area contributed by atoms with Crippen LogP contribution in [0.25, 0.3) is 0 Å². The molecule has 0 spiro atoms. The van der Waals surface area contributed by atoms with E-state index in [0.29, 0.717) is 18.9 Å². The summed E-state index contributed by atoms with van der Waals surface area (Å²) >= 11 is 0. The van der Waals surface area contributed by atoms with E-state index in [1.807, 2.05) is 38.2 Å². The number of hydrogen-bond donors (Lipinski definition) is 2. The van der Waals surface area contributed by atoms with Gasteiger partial charge in [-0.2, -0.15) is 0 Å². The Morgan fingerprint density at radius 2 is 2.00 bits per heavy atom. The molecule has 1 aromatic heterocycles. The minimum absolute atomic E-state index is 0. The molecule has 28 heavy (non-hydrogen) atoms. The standard InChI is InChI=1S/C19H29N5O2S.HI/c1-4-20-19(23-16(2)10-13-27(3,25)26)22-14-18-21-11-12-24(18)15-17-8-6-5-7-9-17;/h5-9,11-12,16H,4,10,13-15H2,1-3H3,(H2,20,22,23);1H. The Hall–Kier alpha value is -1.62. The normalized spacial score (nSPS) is 12.9. The van der Waals surface area contributed by atoms with Crippen molar-refractivity contribution in [1.82, 2.24) is 20.2 Å². The van der Waals surface area contributed by atoms with Crippen molar-refractivity contribution in [2.24, 2.45) is 4.99 Å². The lowest BCUT2D eigenvalue weighted by Crippen LogP contribution is -2.42. The molecule has 1 heterocycles. The number of halogens is 1. The number of nitrogens with one attached hydrogen (secondary N) is 2. The molecule has 0 amide bonds. The Morgan fingerprint density at radius 3 is 2.64 bits per heavy atom. The van der Waals surface area contributed by atoms with Crippen LogP contribution in [0.5, 0.6) is 0 Å². The Bertz CT molecular complexity index is 837. The van der Waals surface area contributed by atoms with Gasteiger partial charge >= 0.3 is 0 Å². The number of guanidine groups is 1. The smallest absolute Gasteiger partial charge is 0.191 e. The molecular formula is C19H30IN5O2S. The minimum Gasteiger partial charge on any atom is -0.357 e. The first-order chi connectivity index (χ1) is 12.9. The van der Waals surface area contributed by atoms with E-state index in [1.54, 1.807) is 6.20 Å². The van der Waals surface area contributed by atoms with Gasteiger partial charge in [0.1, 0.15) is 22.2 Å². The van der Waals surface area contributed by atoms with E-state index in [1.165, 1.54) is 11.8 Å². The van der Waals surface area contributed by atoms with Crippen LogP contribution in [0.3, 0.4) is 0 Å². The quantitative estimate of drug-likeness (QED) is 0.302. The molecule has 0 aliphatic rings. The van der Waals surface area contributed by atoms with Gasteiger partial charge in [-0.25, -0.2) is 18.4 Å². The number of aliphatic imine (C=N–C) groups is 1. The Labute approximate surface area is 185 Å². The topological polar surface area (TPSA) is 88.4 Å². The number of aromatic nitrogens is 2. The average Bonchev–Trinajstić information content (AvgIpc) is 3.05. The molecule has 2 N–H and O–H groups in total. The highest BCUT2D eigenvalue weighted by Crippen LogP contribution is 2.06. The van der Waals surface area contributed by atoms with Crippen molar-refractivity contribution in [1.29, 1.82) is 0 Å². The van der Waals surface area contributed by atoms with Gasteiger partial charge in [0.2, 0.25) is 0 Å². The van der Waals surface area contributed by atoms with Gasteiger partial charge in [0.15, 0.2) is 5.96 Å². The first kappa shape index (κ1) is 24.4. The van der Waals surface area contributed by atoms with Crippen LogP contribution in [-0.2, 0) is 22.9 Å². The second kappa shape index (κ2) is 12.1. The predicted molar refractivity (Wildman–Crippen MR) is 125 cm³/mol. The van der Waals surface area contributed by atoms with E-state index in [4.69, 9.17) is 0 Å². The van der Waals surface area contributed by atoms with Crippen molar-refractivity contribution in [2.75, 3.05) is 18.6 Å². The molecule has 2 aromatic rings. The summed E-state index contributed by atoms with van der Waals surface area (Å²) in [7, 11) is -2.96. The van der Waals surface area contributed by atoms with Crippen LogP contribution in [0.15, 0.2) is 47.7 Å². The minimum atomic E-state index is -2.96. The van der Waals surface area contributed by atoms with Crippen LogP contribution in [0.2, 0.25) is 0 Å². The summed E-state index contributed by atoms with van der Waals surface area (Å²) in [6, 6.07) is 10.2. The first-order valence-corrected chi connectivity index (χ1v) is 11.2. The van der Waals surface area contributed by atoms with Gasteiger partial charge in [-0.05, 0) is 25.8 Å². The van der Waals surface area contributed by atoms with Gasteiger partial charge in [0.05, 0.1) is 5.75 Å². The lowest BCUT2D eigenvalue weighted by molar-refractivity contribution is 0.581. The predicted octanol–water partition coefficient (Wildman–Crippen LogP) is 2.43. The van der Waals surface area contributed by atoms with Gasteiger partial charge in [-0.1, -0.05) is 30.3 Å². The highest BCUT2D eigenvalue weighted by Gasteiger charge is 2.10. The number of hydrogen-bond acceptors (Lipinski definition) is 4. The number of sulfone groups is 1. The van der Waals surface area contributed by atoms with Gasteiger partial charge in [-0.3, -0.25) is 0 Å². The van der Waals surface area contributed by atoms with Crippen LogP contribution in [-0.4, -0.2) is 48.5 Å². The number of imidazole rings is 1. The molecule has 0 fully saturated rings. The fourth-order valence-electron chi connectivity index (χ4n) is 2.58. The van der Waals surface area contributed by atoms with E-state index in [-0.39, 0.29) is 35.8 Å². The molecule has 0 aliphatic heterocycles. The molecule has 0 saturated carbocycles. The molecule has 0 saturated heterocycles. The van der Waals surface area contributed by atoms with Gasteiger partial charge < -0.3 is 15.2 Å². The molecule has 156 valence electrons. The second-order valence-electron chi connectivity index (χ2n) is 6.62. The average molecular weight is 519 g/mol. The van der Waals surface area contributed by atoms with E-state index in [2.05, 4.69) is 37.3 Å². The van der Waals surface area contributed by atoms with Crippen molar-refractivity contribution in [3.05, 3.63) is 54.1 Å². The van der Waals surface area contributed by atoms with Crippen molar-refractivity contribution >= 4 is 39.8 Å². The summed E-state index contributed by atoms with van der Waals surface area (Å²) in [5.41, 5.74) is 1.21. The second-order valence-corrected chi connectivity index (χ2v) is 8.88. The lowest BCUT2D eigenvalue weighted by atomic mass is 10.2. The van der Waals surface area contributed by atoms with Crippen LogP contribution < -0.4 is 10.6 Å². The summed E-state index contributed by atoms with van der Waals surface area (Å²) in [6.07, 6.45) is 5.52.